The molecule has 0 saturated heterocycles. The number of nitrogens with two attached hydrogens (primary N) is 1. The summed E-state index contributed by atoms with van der Waals surface area (Å²) in [7, 11) is 0. The second-order valence-corrected chi connectivity index (χ2v) is 6.34. The number of hydrogen-bond donors (Lipinski definition) is 2. The van der Waals surface area contributed by atoms with Crippen molar-refractivity contribution in [2.24, 2.45) is 11.1 Å². The minimum absolute atomic E-state index is 0.120. The molecule has 0 spiro atoms. The summed E-state index contributed by atoms with van der Waals surface area (Å²) in [5.41, 5.74) is 5.64. The summed E-state index contributed by atoms with van der Waals surface area (Å²) in [6.45, 7) is 8.42. The van der Waals surface area contributed by atoms with Gasteiger partial charge in [0.25, 0.3) is 0 Å². The number of hydrogen-bond acceptors (Lipinski definition) is 4. The topological polar surface area (TPSA) is 68.0 Å². The molecule has 0 bridgehead atoms. The highest BCUT2D eigenvalue weighted by molar-refractivity contribution is 7.11. The van der Waals surface area contributed by atoms with Gasteiger partial charge in [-0.1, -0.05) is 27.7 Å². The molecule has 1 rings (SSSR count). The lowest BCUT2D eigenvalue weighted by molar-refractivity contribution is -0.124. The second kappa shape index (κ2) is 5.60. The van der Waals surface area contributed by atoms with Crippen molar-refractivity contribution in [1.29, 1.82) is 0 Å². The Kier molecular flexibility index (Phi) is 4.65. The van der Waals surface area contributed by atoms with Crippen molar-refractivity contribution in [3.8, 4) is 0 Å². The Bertz CT molecular complexity index is 381. The van der Waals surface area contributed by atoms with Crippen LogP contribution in [-0.2, 0) is 17.8 Å². The van der Waals surface area contributed by atoms with E-state index in [1.54, 1.807) is 11.3 Å². The molecule has 1 atom stereocenters. The molecule has 0 radical (unpaired) electrons. The smallest absolute Gasteiger partial charge is 0.237 e. The lowest BCUT2D eigenvalue weighted by Crippen LogP contribution is -2.48. The van der Waals surface area contributed by atoms with Crippen molar-refractivity contribution in [3.05, 3.63) is 16.1 Å². The van der Waals surface area contributed by atoms with E-state index in [1.807, 2.05) is 27.0 Å². The van der Waals surface area contributed by atoms with Crippen LogP contribution >= 0.6 is 11.3 Å². The van der Waals surface area contributed by atoms with Gasteiger partial charge in [-0.2, -0.15) is 0 Å². The summed E-state index contributed by atoms with van der Waals surface area (Å²) in [5.74, 6) is -0.120. The molecule has 0 unspecified atom stereocenters. The Labute approximate surface area is 107 Å². The second-order valence-electron chi connectivity index (χ2n) is 5.14. The molecule has 0 aliphatic heterocycles. The molecule has 17 heavy (non-hydrogen) atoms. The first-order chi connectivity index (χ1) is 7.84. The van der Waals surface area contributed by atoms with Crippen molar-refractivity contribution in [1.82, 2.24) is 10.3 Å². The van der Waals surface area contributed by atoms with E-state index < -0.39 is 6.04 Å². The first kappa shape index (κ1) is 14.1. The van der Waals surface area contributed by atoms with E-state index in [0.29, 0.717) is 6.54 Å². The van der Waals surface area contributed by atoms with Gasteiger partial charge in [-0.25, -0.2) is 4.98 Å². The number of nitrogens with zero attached hydrogens (tertiary/aromatic N) is 1. The Hall–Kier alpha value is -0.940. The van der Waals surface area contributed by atoms with Crippen LogP contribution in [0.2, 0.25) is 0 Å². The number of thiazole rings is 1. The summed E-state index contributed by atoms with van der Waals surface area (Å²) in [6.07, 6.45) is 2.84. The highest BCUT2D eigenvalue weighted by atomic mass is 32.1. The van der Waals surface area contributed by atoms with Gasteiger partial charge in [0.2, 0.25) is 5.91 Å². The summed E-state index contributed by atoms with van der Waals surface area (Å²) in [4.78, 5) is 17.3. The van der Waals surface area contributed by atoms with Gasteiger partial charge in [0.05, 0.1) is 12.6 Å². The Morgan fingerprint density at radius 3 is 2.71 bits per heavy atom. The molecular weight excluding hydrogens is 234 g/mol. The zero-order valence-electron chi connectivity index (χ0n) is 10.9. The van der Waals surface area contributed by atoms with E-state index in [4.69, 9.17) is 5.73 Å². The highest BCUT2D eigenvalue weighted by Gasteiger charge is 2.27. The average Bonchev–Trinajstić information content (AvgIpc) is 2.71. The van der Waals surface area contributed by atoms with Gasteiger partial charge in [-0.3, -0.25) is 4.79 Å². The largest absolute Gasteiger partial charge is 0.348 e. The third kappa shape index (κ3) is 4.09. The van der Waals surface area contributed by atoms with E-state index in [9.17, 15) is 4.79 Å². The van der Waals surface area contributed by atoms with Gasteiger partial charge in [0, 0.05) is 11.1 Å². The number of carbonyl (C=O) groups excluding carboxylic acids is 1. The first-order valence-corrected chi connectivity index (χ1v) is 6.63. The molecule has 1 heterocycles. The number of carbonyl (C=O) groups is 1. The molecule has 0 fully saturated rings. The van der Waals surface area contributed by atoms with E-state index in [-0.39, 0.29) is 11.3 Å². The molecular formula is C12H21N3OS. The summed E-state index contributed by atoms with van der Waals surface area (Å²) >= 11 is 1.63. The van der Waals surface area contributed by atoms with Crippen molar-refractivity contribution in [2.75, 3.05) is 0 Å². The maximum atomic E-state index is 11.8. The third-order valence-corrected chi connectivity index (χ3v) is 3.72. The fraction of sp³-hybridized carbons (Fsp3) is 0.667. The van der Waals surface area contributed by atoms with E-state index in [0.717, 1.165) is 11.4 Å². The minimum Gasteiger partial charge on any atom is -0.348 e. The minimum atomic E-state index is -0.492. The first-order valence-electron chi connectivity index (χ1n) is 5.81. The van der Waals surface area contributed by atoms with Crippen LogP contribution in [0, 0.1) is 5.41 Å². The molecule has 96 valence electrons. The molecule has 5 heteroatoms. The van der Waals surface area contributed by atoms with Crippen LogP contribution in [0.4, 0.5) is 0 Å². The SMILES string of the molecule is CCc1cnc(CNC(=O)[C@@H](N)C(C)(C)C)s1. The number of rotatable bonds is 4. The van der Waals surface area contributed by atoms with Gasteiger partial charge in [0.15, 0.2) is 0 Å². The molecule has 0 aliphatic rings. The maximum Gasteiger partial charge on any atom is 0.237 e. The number of aromatic nitrogens is 1. The number of nitrogens with one attached hydrogen (secondary N) is 1. The standard InChI is InChI=1S/C12H21N3OS/c1-5-8-6-14-9(17-8)7-15-11(16)10(13)12(2,3)4/h6,10H,5,7,13H2,1-4H3,(H,15,16)/t10-/m1/s1. The van der Waals surface area contributed by atoms with Crippen molar-refractivity contribution >= 4 is 17.2 Å². The van der Waals surface area contributed by atoms with E-state index in [1.165, 1.54) is 4.88 Å². The Morgan fingerprint density at radius 2 is 2.24 bits per heavy atom. The zero-order valence-corrected chi connectivity index (χ0v) is 11.7. The Morgan fingerprint density at radius 1 is 1.59 bits per heavy atom. The lowest BCUT2D eigenvalue weighted by atomic mass is 9.87. The number of amides is 1. The van der Waals surface area contributed by atoms with E-state index in [2.05, 4.69) is 17.2 Å². The van der Waals surface area contributed by atoms with E-state index >= 15 is 0 Å². The highest BCUT2D eigenvalue weighted by Crippen LogP contribution is 2.18. The van der Waals surface area contributed by atoms with Crippen LogP contribution < -0.4 is 11.1 Å². The summed E-state index contributed by atoms with van der Waals surface area (Å²) in [6, 6.07) is -0.492. The maximum absolute atomic E-state index is 11.8. The van der Waals surface area contributed by atoms with Crippen LogP contribution in [0.15, 0.2) is 6.20 Å². The lowest BCUT2D eigenvalue weighted by Gasteiger charge is -2.25. The van der Waals surface area contributed by atoms with Crippen molar-refractivity contribution < 1.29 is 4.79 Å². The van der Waals surface area contributed by atoms with Crippen molar-refractivity contribution in [2.45, 2.75) is 46.7 Å². The quantitative estimate of drug-likeness (QED) is 0.860. The van der Waals surface area contributed by atoms with Crippen LogP contribution in [0.5, 0.6) is 0 Å². The monoisotopic (exact) mass is 255 g/mol. The predicted molar refractivity (Wildman–Crippen MR) is 70.8 cm³/mol. The van der Waals surface area contributed by atoms with Gasteiger partial charge in [-0.15, -0.1) is 11.3 Å². The summed E-state index contributed by atoms with van der Waals surface area (Å²) < 4.78 is 0. The Balaban J connectivity index is 2.48. The van der Waals surface area contributed by atoms with Crippen LogP contribution in [0.25, 0.3) is 0 Å². The molecule has 1 aromatic rings. The predicted octanol–water partition coefficient (Wildman–Crippen LogP) is 1.70. The van der Waals surface area contributed by atoms with Crippen LogP contribution in [-0.4, -0.2) is 16.9 Å². The number of aryl methyl sites for hydroxylation is 1. The molecule has 0 saturated carbocycles. The van der Waals surface area contributed by atoms with Gasteiger partial charge in [-0.05, 0) is 11.8 Å². The molecule has 1 amide bonds. The van der Waals surface area contributed by atoms with Gasteiger partial charge < -0.3 is 11.1 Å². The zero-order chi connectivity index (χ0) is 13.1. The van der Waals surface area contributed by atoms with Crippen LogP contribution in [0.1, 0.15) is 37.6 Å². The normalized spacial score (nSPS) is 13.5. The molecule has 0 aliphatic carbocycles. The van der Waals surface area contributed by atoms with Gasteiger partial charge in [0.1, 0.15) is 5.01 Å². The summed E-state index contributed by atoms with van der Waals surface area (Å²) in [5, 5.41) is 3.75. The fourth-order valence-corrected chi connectivity index (χ4v) is 2.06. The average molecular weight is 255 g/mol. The molecule has 0 aromatic carbocycles. The molecule has 3 N–H and O–H groups in total. The molecule has 1 aromatic heterocycles. The third-order valence-electron chi connectivity index (χ3n) is 2.58. The van der Waals surface area contributed by atoms with Gasteiger partial charge >= 0.3 is 0 Å². The van der Waals surface area contributed by atoms with Crippen LogP contribution in [0.3, 0.4) is 0 Å². The van der Waals surface area contributed by atoms with Crippen molar-refractivity contribution in [3.63, 3.8) is 0 Å². The fourth-order valence-electron chi connectivity index (χ4n) is 1.26. The molecule has 4 nitrogen and oxygen atoms in total.